The van der Waals surface area contributed by atoms with Gasteiger partial charge in [0.1, 0.15) is 0 Å². The highest BCUT2D eigenvalue weighted by Gasteiger charge is 2.26. The first-order valence-electron chi connectivity index (χ1n) is 12.0. The van der Waals surface area contributed by atoms with Crippen molar-refractivity contribution >= 4 is 17.7 Å². The first kappa shape index (κ1) is 24.5. The van der Waals surface area contributed by atoms with Crippen molar-refractivity contribution in [3.05, 3.63) is 66.1 Å². The average Bonchev–Trinajstić information content (AvgIpc) is 3.31. The fraction of sp³-hybridized carbons (Fsp3) is 0.444. The predicted octanol–water partition coefficient (Wildman–Crippen LogP) is 5.15. The first-order valence-corrected chi connectivity index (χ1v) is 13.0. The van der Waals surface area contributed by atoms with E-state index >= 15 is 0 Å². The van der Waals surface area contributed by atoms with E-state index in [2.05, 4.69) is 77.5 Å². The summed E-state index contributed by atoms with van der Waals surface area (Å²) in [5, 5.41) is 7.27. The van der Waals surface area contributed by atoms with E-state index in [4.69, 9.17) is 4.52 Å². The van der Waals surface area contributed by atoms with Gasteiger partial charge >= 0.3 is 0 Å². The normalized spacial score (nSPS) is 15.4. The van der Waals surface area contributed by atoms with E-state index in [0.29, 0.717) is 24.8 Å². The van der Waals surface area contributed by atoms with Crippen LogP contribution in [0.15, 0.2) is 64.0 Å². The third-order valence-corrected chi connectivity index (χ3v) is 7.22. The van der Waals surface area contributed by atoms with Crippen molar-refractivity contribution in [1.82, 2.24) is 20.4 Å². The van der Waals surface area contributed by atoms with Crippen molar-refractivity contribution in [2.45, 2.75) is 50.5 Å². The van der Waals surface area contributed by atoms with Crippen LogP contribution in [0.4, 0.5) is 0 Å². The smallest absolute Gasteiger partial charge is 0.241 e. The average molecular weight is 479 g/mol. The van der Waals surface area contributed by atoms with Gasteiger partial charge in [0.05, 0.1) is 6.54 Å². The van der Waals surface area contributed by atoms with Crippen molar-refractivity contribution in [2.75, 3.05) is 25.4 Å². The van der Waals surface area contributed by atoms with Gasteiger partial charge in [-0.3, -0.25) is 9.69 Å². The SMILES string of the molecule is CC(C)(C)c1ccc(-c2noc(CN3CCC(C(=O)NCCSc4ccccc4)CC3)n2)cc1. The van der Waals surface area contributed by atoms with Gasteiger partial charge in [0.2, 0.25) is 17.6 Å². The van der Waals surface area contributed by atoms with Crippen LogP contribution in [0.25, 0.3) is 11.4 Å². The minimum absolute atomic E-state index is 0.0811. The highest BCUT2D eigenvalue weighted by atomic mass is 32.2. The summed E-state index contributed by atoms with van der Waals surface area (Å²) in [7, 11) is 0. The number of hydrogen-bond donors (Lipinski definition) is 1. The molecular formula is C27H34N4O2S. The fourth-order valence-corrected chi connectivity index (χ4v) is 4.89. The molecule has 0 radical (unpaired) electrons. The molecule has 6 nitrogen and oxygen atoms in total. The number of nitrogens with one attached hydrogen (secondary N) is 1. The second kappa shape index (κ2) is 11.2. The summed E-state index contributed by atoms with van der Waals surface area (Å²) in [4.78, 5) is 20.7. The molecule has 1 aromatic heterocycles. The lowest BCUT2D eigenvalue weighted by molar-refractivity contribution is -0.126. The van der Waals surface area contributed by atoms with E-state index in [0.717, 1.165) is 37.2 Å². The zero-order chi connectivity index (χ0) is 24.0. The molecule has 0 unspecified atom stereocenters. The van der Waals surface area contributed by atoms with E-state index in [1.165, 1.54) is 10.5 Å². The molecule has 34 heavy (non-hydrogen) atoms. The van der Waals surface area contributed by atoms with Crippen molar-refractivity contribution < 1.29 is 9.32 Å². The van der Waals surface area contributed by atoms with Gasteiger partial charge in [-0.25, -0.2) is 0 Å². The van der Waals surface area contributed by atoms with Crippen LogP contribution in [0, 0.1) is 5.92 Å². The predicted molar refractivity (Wildman–Crippen MR) is 137 cm³/mol. The zero-order valence-corrected chi connectivity index (χ0v) is 21.1. The second-order valence-electron chi connectivity index (χ2n) is 9.84. The standard InChI is InChI=1S/C27H34N4O2S/c1-27(2,3)22-11-9-20(10-12-22)25-29-24(33-30-25)19-31-16-13-21(14-17-31)26(32)28-15-18-34-23-7-5-4-6-8-23/h4-12,21H,13-19H2,1-3H3,(H,28,32). The van der Waals surface area contributed by atoms with Gasteiger partial charge < -0.3 is 9.84 Å². The number of likely N-dealkylation sites (tertiary alicyclic amines) is 1. The molecule has 7 heteroatoms. The Balaban J connectivity index is 1.19. The lowest BCUT2D eigenvalue weighted by Crippen LogP contribution is -2.40. The third kappa shape index (κ3) is 6.70. The number of carbonyl (C=O) groups excluding carboxylic acids is 1. The first-order chi connectivity index (χ1) is 16.4. The Kier molecular flexibility index (Phi) is 8.06. The molecule has 1 saturated heterocycles. The Bertz CT molecular complexity index is 1050. The Morgan fingerprint density at radius 2 is 1.79 bits per heavy atom. The fourth-order valence-electron chi connectivity index (χ4n) is 4.10. The summed E-state index contributed by atoms with van der Waals surface area (Å²) >= 11 is 1.77. The van der Waals surface area contributed by atoms with E-state index < -0.39 is 0 Å². The van der Waals surface area contributed by atoms with E-state index in [9.17, 15) is 4.79 Å². The number of carbonyl (C=O) groups is 1. The van der Waals surface area contributed by atoms with Gasteiger partial charge in [0, 0.05) is 28.7 Å². The molecule has 180 valence electrons. The molecule has 1 N–H and O–H groups in total. The van der Waals surface area contributed by atoms with E-state index in [-0.39, 0.29) is 17.2 Å². The molecule has 0 atom stereocenters. The maximum Gasteiger partial charge on any atom is 0.241 e. The monoisotopic (exact) mass is 478 g/mol. The summed E-state index contributed by atoms with van der Waals surface area (Å²) < 4.78 is 5.51. The summed E-state index contributed by atoms with van der Waals surface area (Å²) in [6, 6.07) is 18.6. The number of thioether (sulfide) groups is 1. The molecule has 0 bridgehead atoms. The number of piperidine rings is 1. The molecule has 0 saturated carbocycles. The van der Waals surface area contributed by atoms with E-state index in [1.54, 1.807) is 11.8 Å². The molecule has 1 fully saturated rings. The van der Waals surface area contributed by atoms with Gasteiger partial charge in [-0.2, -0.15) is 4.98 Å². The largest absolute Gasteiger partial charge is 0.355 e. The number of nitrogens with zero attached hydrogens (tertiary/aromatic N) is 3. The van der Waals surface area contributed by atoms with Crippen LogP contribution in [0.5, 0.6) is 0 Å². The molecule has 1 aliphatic rings. The zero-order valence-electron chi connectivity index (χ0n) is 20.3. The van der Waals surface area contributed by atoms with Crippen LogP contribution < -0.4 is 5.32 Å². The van der Waals surface area contributed by atoms with Crippen molar-refractivity contribution in [3.63, 3.8) is 0 Å². The Morgan fingerprint density at radius 1 is 1.09 bits per heavy atom. The molecule has 0 aliphatic carbocycles. The molecule has 4 rings (SSSR count). The minimum Gasteiger partial charge on any atom is -0.355 e. The quantitative estimate of drug-likeness (QED) is 0.356. The molecule has 1 aliphatic heterocycles. The highest BCUT2D eigenvalue weighted by molar-refractivity contribution is 7.99. The van der Waals surface area contributed by atoms with Gasteiger partial charge in [0.15, 0.2) is 0 Å². The Labute approximate surface area is 206 Å². The van der Waals surface area contributed by atoms with Crippen LogP contribution >= 0.6 is 11.8 Å². The second-order valence-corrected chi connectivity index (χ2v) is 11.0. The molecular weight excluding hydrogens is 444 g/mol. The molecule has 1 amide bonds. The van der Waals surface area contributed by atoms with Crippen LogP contribution in [0.3, 0.4) is 0 Å². The molecule has 2 aromatic carbocycles. The third-order valence-electron chi connectivity index (χ3n) is 6.21. The number of rotatable bonds is 8. The van der Waals surface area contributed by atoms with Crippen LogP contribution in [0.1, 0.15) is 45.1 Å². The lowest BCUT2D eigenvalue weighted by Gasteiger charge is -2.30. The number of aromatic nitrogens is 2. The Morgan fingerprint density at radius 3 is 2.47 bits per heavy atom. The van der Waals surface area contributed by atoms with E-state index in [1.807, 2.05) is 18.2 Å². The Hall–Kier alpha value is -2.64. The highest BCUT2D eigenvalue weighted by Crippen LogP contribution is 2.25. The number of hydrogen-bond acceptors (Lipinski definition) is 6. The summed E-state index contributed by atoms with van der Waals surface area (Å²) in [6.45, 7) is 9.63. The molecule has 3 aromatic rings. The van der Waals surface area contributed by atoms with Crippen LogP contribution in [0.2, 0.25) is 0 Å². The van der Waals surface area contributed by atoms with Crippen molar-refractivity contribution in [1.29, 1.82) is 0 Å². The van der Waals surface area contributed by atoms with Gasteiger partial charge in [-0.05, 0) is 49.0 Å². The number of amides is 1. The summed E-state index contributed by atoms with van der Waals surface area (Å²) in [5.74, 6) is 2.38. The van der Waals surface area contributed by atoms with Crippen LogP contribution in [-0.2, 0) is 16.8 Å². The summed E-state index contributed by atoms with van der Waals surface area (Å²) in [6.07, 6.45) is 1.71. The van der Waals surface area contributed by atoms with Crippen molar-refractivity contribution in [2.24, 2.45) is 5.92 Å². The molecule has 2 heterocycles. The number of benzene rings is 2. The topological polar surface area (TPSA) is 71.3 Å². The van der Waals surface area contributed by atoms with Gasteiger partial charge in [0.25, 0.3) is 0 Å². The summed E-state index contributed by atoms with van der Waals surface area (Å²) in [5.41, 5.74) is 2.36. The van der Waals surface area contributed by atoms with Crippen molar-refractivity contribution in [3.8, 4) is 11.4 Å². The maximum atomic E-state index is 12.5. The molecule has 0 spiro atoms. The minimum atomic E-state index is 0.0811. The van der Waals surface area contributed by atoms with Crippen LogP contribution in [-0.4, -0.2) is 46.3 Å². The maximum absolute atomic E-state index is 12.5. The lowest BCUT2D eigenvalue weighted by atomic mass is 9.87. The van der Waals surface area contributed by atoms with Gasteiger partial charge in [-0.1, -0.05) is 68.4 Å². The van der Waals surface area contributed by atoms with Gasteiger partial charge in [-0.15, -0.1) is 11.8 Å².